The molecule has 0 radical (unpaired) electrons. The quantitative estimate of drug-likeness (QED) is 0.576. The Morgan fingerprint density at radius 1 is 1.00 bits per heavy atom. The summed E-state index contributed by atoms with van der Waals surface area (Å²) in [6.45, 7) is 1.88. The largest absolute Gasteiger partial charge is 0.488 e. The van der Waals surface area contributed by atoms with Crippen molar-refractivity contribution in [1.29, 1.82) is 0 Å². The number of esters is 1. The van der Waals surface area contributed by atoms with Crippen LogP contribution >= 0.6 is 11.3 Å². The summed E-state index contributed by atoms with van der Waals surface area (Å²) >= 11 is 1.56. The highest BCUT2D eigenvalue weighted by atomic mass is 32.1. The van der Waals surface area contributed by atoms with E-state index in [1.165, 1.54) is 0 Å². The Labute approximate surface area is 167 Å². The van der Waals surface area contributed by atoms with Gasteiger partial charge >= 0.3 is 5.97 Å². The van der Waals surface area contributed by atoms with Gasteiger partial charge in [0.1, 0.15) is 17.9 Å². The minimum Gasteiger partial charge on any atom is -0.488 e. The van der Waals surface area contributed by atoms with Crippen LogP contribution in [0.1, 0.15) is 33.8 Å². The average Bonchev–Trinajstić information content (AvgIpc) is 3.26. The Morgan fingerprint density at radius 2 is 1.75 bits per heavy atom. The second-order valence-electron chi connectivity index (χ2n) is 6.15. The van der Waals surface area contributed by atoms with E-state index in [1.807, 2.05) is 54.8 Å². The van der Waals surface area contributed by atoms with Gasteiger partial charge in [-0.25, -0.2) is 4.79 Å². The van der Waals surface area contributed by atoms with Gasteiger partial charge in [0.15, 0.2) is 6.61 Å². The van der Waals surface area contributed by atoms with E-state index in [4.69, 9.17) is 9.47 Å². The van der Waals surface area contributed by atoms with Gasteiger partial charge in [-0.05, 0) is 36.1 Å². The topological polar surface area (TPSA) is 64.6 Å². The SMILES string of the molecule is CC(NC(=O)COC(=O)c1ccccc1OCc1ccccc1)c1cccs1. The first kappa shape index (κ1) is 19.6. The molecule has 0 saturated heterocycles. The second kappa shape index (κ2) is 9.71. The van der Waals surface area contributed by atoms with Crippen molar-refractivity contribution in [1.82, 2.24) is 5.32 Å². The first-order chi connectivity index (χ1) is 13.6. The minimum absolute atomic E-state index is 0.132. The Hall–Kier alpha value is -3.12. The van der Waals surface area contributed by atoms with Crippen LogP contribution < -0.4 is 10.1 Å². The van der Waals surface area contributed by atoms with Crippen molar-refractivity contribution < 1.29 is 19.1 Å². The number of ether oxygens (including phenoxy) is 2. The van der Waals surface area contributed by atoms with Gasteiger partial charge in [0, 0.05) is 4.88 Å². The third-order valence-electron chi connectivity index (χ3n) is 4.03. The number of amides is 1. The molecule has 6 heteroatoms. The second-order valence-corrected chi connectivity index (χ2v) is 7.13. The molecule has 1 atom stereocenters. The molecule has 1 heterocycles. The third-order valence-corrected chi connectivity index (χ3v) is 5.08. The zero-order valence-corrected chi connectivity index (χ0v) is 16.3. The maximum atomic E-state index is 12.4. The van der Waals surface area contributed by atoms with Crippen molar-refractivity contribution in [2.45, 2.75) is 19.6 Å². The maximum Gasteiger partial charge on any atom is 0.342 e. The molecule has 144 valence electrons. The summed E-state index contributed by atoms with van der Waals surface area (Å²) in [5.74, 6) is -0.525. The van der Waals surface area contributed by atoms with Crippen LogP contribution in [0.3, 0.4) is 0 Å². The molecule has 0 fully saturated rings. The highest BCUT2D eigenvalue weighted by molar-refractivity contribution is 7.10. The molecular formula is C22H21NO4S. The Bertz CT molecular complexity index is 909. The molecule has 28 heavy (non-hydrogen) atoms. The van der Waals surface area contributed by atoms with E-state index in [0.29, 0.717) is 12.4 Å². The lowest BCUT2D eigenvalue weighted by Crippen LogP contribution is -2.30. The maximum absolute atomic E-state index is 12.4. The molecule has 0 saturated carbocycles. The molecule has 0 spiro atoms. The zero-order chi connectivity index (χ0) is 19.8. The van der Waals surface area contributed by atoms with Gasteiger partial charge in [-0.1, -0.05) is 48.5 Å². The standard InChI is InChI=1S/C22H21NO4S/c1-16(20-12-7-13-28-20)23-21(24)15-27-22(25)18-10-5-6-11-19(18)26-14-17-8-3-2-4-9-17/h2-13,16H,14-15H2,1H3,(H,23,24). The minimum atomic E-state index is -0.595. The van der Waals surface area contributed by atoms with Crippen LogP contribution in [0, 0.1) is 0 Å². The fraction of sp³-hybridized carbons (Fsp3) is 0.182. The van der Waals surface area contributed by atoms with E-state index >= 15 is 0 Å². The highest BCUT2D eigenvalue weighted by Gasteiger charge is 2.17. The van der Waals surface area contributed by atoms with E-state index in [9.17, 15) is 9.59 Å². The number of carbonyl (C=O) groups excluding carboxylic acids is 2. The molecule has 5 nitrogen and oxygen atoms in total. The molecule has 3 rings (SSSR count). The Balaban J connectivity index is 1.54. The highest BCUT2D eigenvalue weighted by Crippen LogP contribution is 2.21. The van der Waals surface area contributed by atoms with Gasteiger partial charge in [0.2, 0.25) is 0 Å². The van der Waals surface area contributed by atoms with E-state index in [2.05, 4.69) is 5.32 Å². The van der Waals surface area contributed by atoms with Crippen LogP contribution in [-0.2, 0) is 16.1 Å². The monoisotopic (exact) mass is 395 g/mol. The summed E-state index contributed by atoms with van der Waals surface area (Å²) in [7, 11) is 0. The predicted octanol–water partition coefficient (Wildman–Crippen LogP) is 4.36. The summed E-state index contributed by atoms with van der Waals surface area (Å²) < 4.78 is 10.9. The molecule has 0 bridgehead atoms. The molecule has 0 aliphatic heterocycles. The molecule has 1 amide bonds. The van der Waals surface area contributed by atoms with Crippen LogP contribution in [0.15, 0.2) is 72.1 Å². The zero-order valence-electron chi connectivity index (χ0n) is 15.5. The predicted molar refractivity (Wildman–Crippen MR) is 108 cm³/mol. The lowest BCUT2D eigenvalue weighted by atomic mass is 10.2. The van der Waals surface area contributed by atoms with E-state index < -0.39 is 5.97 Å². The van der Waals surface area contributed by atoms with Crippen molar-refractivity contribution in [2.24, 2.45) is 0 Å². The molecule has 1 N–H and O–H groups in total. The van der Waals surface area contributed by atoms with Crippen molar-refractivity contribution >= 4 is 23.2 Å². The number of hydrogen-bond acceptors (Lipinski definition) is 5. The number of carbonyl (C=O) groups is 2. The molecule has 2 aromatic carbocycles. The smallest absolute Gasteiger partial charge is 0.342 e. The van der Waals surface area contributed by atoms with Gasteiger partial charge in [0.05, 0.1) is 6.04 Å². The first-order valence-electron chi connectivity index (χ1n) is 8.89. The van der Waals surface area contributed by atoms with Gasteiger partial charge < -0.3 is 14.8 Å². The van der Waals surface area contributed by atoms with Crippen LogP contribution in [0.2, 0.25) is 0 Å². The van der Waals surface area contributed by atoms with Crippen LogP contribution in [0.5, 0.6) is 5.75 Å². The number of benzene rings is 2. The summed E-state index contributed by atoms with van der Waals surface area (Å²) in [4.78, 5) is 25.5. The van der Waals surface area contributed by atoms with Crippen molar-refractivity contribution in [3.05, 3.63) is 88.1 Å². The molecular weight excluding hydrogens is 374 g/mol. The van der Waals surface area contributed by atoms with Gasteiger partial charge in [-0.3, -0.25) is 4.79 Å². The van der Waals surface area contributed by atoms with E-state index in [-0.39, 0.29) is 24.1 Å². The van der Waals surface area contributed by atoms with Crippen LogP contribution in [0.25, 0.3) is 0 Å². The van der Waals surface area contributed by atoms with E-state index in [0.717, 1.165) is 10.4 Å². The summed E-state index contributed by atoms with van der Waals surface area (Å²) in [5.41, 5.74) is 1.28. The molecule has 0 aliphatic rings. The lowest BCUT2D eigenvalue weighted by Gasteiger charge is -2.13. The van der Waals surface area contributed by atoms with Gasteiger partial charge in [-0.15, -0.1) is 11.3 Å². The first-order valence-corrected chi connectivity index (χ1v) is 9.77. The van der Waals surface area contributed by atoms with Crippen LogP contribution in [-0.4, -0.2) is 18.5 Å². The number of rotatable bonds is 8. The molecule has 3 aromatic rings. The van der Waals surface area contributed by atoms with Crippen molar-refractivity contribution in [3.8, 4) is 5.75 Å². The number of nitrogens with one attached hydrogen (secondary N) is 1. The average molecular weight is 395 g/mol. The molecule has 0 aliphatic carbocycles. The third kappa shape index (κ3) is 5.44. The van der Waals surface area contributed by atoms with Crippen molar-refractivity contribution in [3.63, 3.8) is 0 Å². The molecule has 1 aromatic heterocycles. The van der Waals surface area contributed by atoms with Gasteiger partial charge in [0.25, 0.3) is 5.91 Å². The van der Waals surface area contributed by atoms with E-state index in [1.54, 1.807) is 35.6 Å². The normalized spacial score (nSPS) is 11.5. The number of para-hydroxylation sites is 1. The lowest BCUT2D eigenvalue weighted by molar-refractivity contribution is -0.124. The Kier molecular flexibility index (Phi) is 6.81. The fourth-order valence-electron chi connectivity index (χ4n) is 2.60. The summed E-state index contributed by atoms with van der Waals surface area (Å²) in [6, 6.07) is 20.2. The molecule has 1 unspecified atom stereocenters. The van der Waals surface area contributed by atoms with Gasteiger partial charge in [-0.2, -0.15) is 0 Å². The Morgan fingerprint density at radius 3 is 2.50 bits per heavy atom. The number of thiophene rings is 1. The van der Waals surface area contributed by atoms with Crippen LogP contribution in [0.4, 0.5) is 0 Å². The van der Waals surface area contributed by atoms with Crippen molar-refractivity contribution in [2.75, 3.05) is 6.61 Å². The summed E-state index contributed by atoms with van der Waals surface area (Å²) in [5, 5.41) is 4.76. The number of hydrogen-bond donors (Lipinski definition) is 1. The fourth-order valence-corrected chi connectivity index (χ4v) is 3.33. The summed E-state index contributed by atoms with van der Waals surface area (Å²) in [6.07, 6.45) is 0.